The van der Waals surface area contributed by atoms with E-state index in [1.807, 2.05) is 0 Å². The van der Waals surface area contributed by atoms with Gasteiger partial charge in [-0.3, -0.25) is 0 Å². The predicted molar refractivity (Wildman–Crippen MR) is 98.8 cm³/mol. The molecule has 0 unspecified atom stereocenters. The molecule has 0 amide bonds. The third-order valence-corrected chi connectivity index (χ3v) is 4.28. The summed E-state index contributed by atoms with van der Waals surface area (Å²) in [6, 6.07) is 5.13. The first-order valence-corrected chi connectivity index (χ1v) is 9.14. The van der Waals surface area contributed by atoms with Crippen LogP contribution in [-0.4, -0.2) is 18.8 Å². The molecular weight excluding hydrogens is 320 g/mol. The monoisotopic (exact) mass is 348 g/mol. The molecule has 0 fully saturated rings. The molecule has 1 N–H and O–H groups in total. The lowest BCUT2D eigenvalue weighted by molar-refractivity contribution is 0.304. The number of rotatable bonds is 11. The predicted octanol–water partition coefficient (Wildman–Crippen LogP) is 5.03. The van der Waals surface area contributed by atoms with Crippen molar-refractivity contribution in [2.75, 3.05) is 13.7 Å². The van der Waals surface area contributed by atoms with Gasteiger partial charge >= 0.3 is 5.63 Å². The van der Waals surface area contributed by atoms with Gasteiger partial charge in [0.25, 0.3) is 0 Å². The molecule has 1 heterocycles. The van der Waals surface area contributed by atoms with Crippen LogP contribution in [0.5, 0.6) is 17.2 Å². The summed E-state index contributed by atoms with van der Waals surface area (Å²) >= 11 is 0. The van der Waals surface area contributed by atoms with Crippen molar-refractivity contribution < 1.29 is 19.0 Å². The zero-order chi connectivity index (χ0) is 18.1. The van der Waals surface area contributed by atoms with Gasteiger partial charge in [0.15, 0.2) is 5.75 Å². The number of fused-ring (bicyclic) bond motifs is 1. The molecule has 2 aromatic rings. The van der Waals surface area contributed by atoms with Crippen LogP contribution in [0.3, 0.4) is 0 Å². The lowest BCUT2D eigenvalue weighted by Crippen LogP contribution is -2.02. The van der Waals surface area contributed by atoms with Crippen LogP contribution in [0, 0.1) is 0 Å². The molecule has 5 nitrogen and oxygen atoms in total. The molecule has 0 aliphatic carbocycles. The fraction of sp³-hybridized carbons (Fsp3) is 0.550. The van der Waals surface area contributed by atoms with Crippen LogP contribution in [0.4, 0.5) is 0 Å². The van der Waals surface area contributed by atoms with Crippen LogP contribution in [0.15, 0.2) is 27.4 Å². The average molecular weight is 348 g/mol. The zero-order valence-electron chi connectivity index (χ0n) is 15.2. The highest BCUT2D eigenvalue weighted by molar-refractivity contribution is 5.86. The molecule has 138 valence electrons. The number of hydrogen-bond donors (Lipinski definition) is 1. The summed E-state index contributed by atoms with van der Waals surface area (Å²) in [4.78, 5) is 11.5. The standard InChI is InChI=1S/C20H28O5/c1-3-4-5-6-7-8-9-10-13-24-15-11-12-17-16(14-15)19(23-2)18(21)20(22)25-17/h11-12,14,21H,3-10,13H2,1-2H3. The first-order chi connectivity index (χ1) is 12.2. The van der Waals surface area contributed by atoms with Crippen molar-refractivity contribution in [2.45, 2.75) is 58.3 Å². The number of methoxy groups -OCH3 is 1. The van der Waals surface area contributed by atoms with Crippen molar-refractivity contribution in [1.82, 2.24) is 0 Å². The SMILES string of the molecule is CCCCCCCCCCOc1ccc2oc(=O)c(O)c(OC)c2c1. The van der Waals surface area contributed by atoms with E-state index in [9.17, 15) is 9.90 Å². The maximum absolute atomic E-state index is 11.5. The van der Waals surface area contributed by atoms with Gasteiger partial charge in [-0.05, 0) is 24.6 Å². The zero-order valence-corrected chi connectivity index (χ0v) is 15.2. The highest BCUT2D eigenvalue weighted by Crippen LogP contribution is 2.33. The van der Waals surface area contributed by atoms with E-state index in [1.165, 1.54) is 52.1 Å². The van der Waals surface area contributed by atoms with E-state index in [4.69, 9.17) is 13.9 Å². The van der Waals surface area contributed by atoms with E-state index in [1.54, 1.807) is 18.2 Å². The molecule has 0 saturated carbocycles. The molecule has 0 radical (unpaired) electrons. The Morgan fingerprint density at radius 2 is 1.72 bits per heavy atom. The molecule has 0 atom stereocenters. The molecule has 25 heavy (non-hydrogen) atoms. The van der Waals surface area contributed by atoms with Crippen molar-refractivity contribution in [3.8, 4) is 17.2 Å². The maximum atomic E-state index is 11.5. The quantitative estimate of drug-likeness (QED) is 0.456. The molecule has 1 aromatic heterocycles. The van der Waals surface area contributed by atoms with E-state index in [2.05, 4.69) is 6.92 Å². The van der Waals surface area contributed by atoms with E-state index >= 15 is 0 Å². The van der Waals surface area contributed by atoms with Gasteiger partial charge in [0.1, 0.15) is 11.3 Å². The second kappa shape index (κ2) is 9.97. The lowest BCUT2D eigenvalue weighted by atomic mass is 10.1. The number of ether oxygens (including phenoxy) is 2. The summed E-state index contributed by atoms with van der Waals surface area (Å²) in [5.74, 6) is 0.265. The Morgan fingerprint density at radius 1 is 1.04 bits per heavy atom. The number of aromatic hydroxyl groups is 1. The van der Waals surface area contributed by atoms with Crippen molar-refractivity contribution in [1.29, 1.82) is 0 Å². The highest BCUT2D eigenvalue weighted by Gasteiger charge is 2.15. The molecule has 0 bridgehead atoms. The van der Waals surface area contributed by atoms with Crippen LogP contribution in [0.1, 0.15) is 58.3 Å². The summed E-state index contributed by atoms with van der Waals surface area (Å²) < 4.78 is 15.9. The van der Waals surface area contributed by atoms with Gasteiger partial charge < -0.3 is 19.0 Å². The van der Waals surface area contributed by atoms with Crippen LogP contribution in [0.25, 0.3) is 11.0 Å². The minimum atomic E-state index is -0.808. The van der Waals surface area contributed by atoms with Gasteiger partial charge in [0.05, 0.1) is 19.1 Å². The molecule has 0 aliphatic rings. The summed E-state index contributed by atoms with van der Waals surface area (Å²) in [7, 11) is 1.40. The molecule has 0 aliphatic heterocycles. The molecule has 2 rings (SSSR count). The van der Waals surface area contributed by atoms with Gasteiger partial charge in [-0.25, -0.2) is 4.79 Å². The minimum Gasteiger partial charge on any atom is -0.499 e. The second-order valence-electron chi connectivity index (χ2n) is 6.25. The summed E-state index contributed by atoms with van der Waals surface area (Å²) in [5.41, 5.74) is -0.448. The smallest absolute Gasteiger partial charge is 0.382 e. The van der Waals surface area contributed by atoms with E-state index in [-0.39, 0.29) is 5.75 Å². The van der Waals surface area contributed by atoms with E-state index < -0.39 is 11.4 Å². The van der Waals surface area contributed by atoms with Gasteiger partial charge in [0.2, 0.25) is 5.75 Å². The van der Waals surface area contributed by atoms with E-state index in [0.717, 1.165) is 6.42 Å². The van der Waals surface area contributed by atoms with Gasteiger partial charge in [-0.15, -0.1) is 0 Å². The number of benzene rings is 1. The maximum Gasteiger partial charge on any atom is 0.382 e. The van der Waals surface area contributed by atoms with E-state index in [0.29, 0.717) is 23.3 Å². The Morgan fingerprint density at radius 3 is 2.40 bits per heavy atom. The second-order valence-corrected chi connectivity index (χ2v) is 6.25. The fourth-order valence-electron chi connectivity index (χ4n) is 2.87. The first kappa shape index (κ1) is 19.2. The number of unbranched alkanes of at least 4 members (excludes halogenated alkanes) is 7. The topological polar surface area (TPSA) is 68.9 Å². The normalized spacial score (nSPS) is 11.0. The lowest BCUT2D eigenvalue weighted by Gasteiger charge is -2.09. The Labute approximate surface area is 148 Å². The first-order valence-electron chi connectivity index (χ1n) is 9.14. The Kier molecular flexibility index (Phi) is 7.64. The van der Waals surface area contributed by atoms with Crippen LogP contribution >= 0.6 is 0 Å². The van der Waals surface area contributed by atoms with Gasteiger partial charge in [0, 0.05) is 0 Å². The van der Waals surface area contributed by atoms with Gasteiger partial charge in [-0.1, -0.05) is 51.9 Å². The largest absolute Gasteiger partial charge is 0.499 e. The molecule has 0 spiro atoms. The third-order valence-electron chi connectivity index (χ3n) is 4.28. The molecule has 5 heteroatoms. The van der Waals surface area contributed by atoms with Crippen LogP contribution in [0.2, 0.25) is 0 Å². The van der Waals surface area contributed by atoms with Crippen molar-refractivity contribution in [3.63, 3.8) is 0 Å². The Bertz CT molecular complexity index is 720. The molecule has 0 saturated heterocycles. The third kappa shape index (κ3) is 5.41. The molecular formula is C20H28O5. The number of hydrogen-bond acceptors (Lipinski definition) is 5. The fourth-order valence-corrected chi connectivity index (χ4v) is 2.87. The van der Waals surface area contributed by atoms with Crippen molar-refractivity contribution in [3.05, 3.63) is 28.6 Å². The van der Waals surface area contributed by atoms with Crippen molar-refractivity contribution >= 4 is 11.0 Å². The van der Waals surface area contributed by atoms with Gasteiger partial charge in [-0.2, -0.15) is 0 Å². The summed E-state index contributed by atoms with van der Waals surface area (Å²) in [5, 5.41) is 10.3. The van der Waals surface area contributed by atoms with Crippen molar-refractivity contribution in [2.24, 2.45) is 0 Å². The summed E-state index contributed by atoms with van der Waals surface area (Å²) in [6.07, 6.45) is 10.0. The molecule has 1 aromatic carbocycles. The Balaban J connectivity index is 1.84. The summed E-state index contributed by atoms with van der Waals surface area (Å²) in [6.45, 7) is 2.88. The Hall–Kier alpha value is -2.17. The van der Waals surface area contributed by atoms with Crippen LogP contribution in [-0.2, 0) is 0 Å². The average Bonchev–Trinajstić information content (AvgIpc) is 2.62. The minimum absolute atomic E-state index is 0.115. The highest BCUT2D eigenvalue weighted by atomic mass is 16.5. The van der Waals surface area contributed by atoms with Crippen LogP contribution < -0.4 is 15.1 Å².